The summed E-state index contributed by atoms with van der Waals surface area (Å²) in [6, 6.07) is 6.74. The number of piperazine rings is 1. The number of rotatable bonds is 7. The van der Waals surface area contributed by atoms with Crippen molar-refractivity contribution >= 4 is 27.3 Å². The van der Waals surface area contributed by atoms with E-state index in [0.717, 1.165) is 29.2 Å². The Balaban J connectivity index is 1.17. The molecule has 0 aliphatic carbocycles. The first-order valence-electron chi connectivity index (χ1n) is 13.6. The standard InChI is InChI=1S/C28H26F4N6O4S2/c1-17(18-2-5-20(29)6-3-18)38-16-33-12-23(38)26-27(39)42-15-22-14-36(8-9-37(22)26)44(40,41)25-13-35-24(43-25)10-21-7-4-19(11-34-21)28(30,31)32/h2-7,11-13,16-17,22,26H,8-10,14-15H2,1H3/t17-,22?,26?/m1/s1. The topological polar surface area (TPSA) is 111 Å². The third kappa shape index (κ3) is 5.86. The first-order valence-corrected chi connectivity index (χ1v) is 15.8. The lowest BCUT2D eigenvalue weighted by Gasteiger charge is -2.46. The van der Waals surface area contributed by atoms with Gasteiger partial charge in [-0.1, -0.05) is 12.1 Å². The molecule has 2 aliphatic heterocycles. The zero-order valence-corrected chi connectivity index (χ0v) is 24.8. The molecule has 0 radical (unpaired) electrons. The maximum absolute atomic E-state index is 13.6. The van der Waals surface area contributed by atoms with Crippen LogP contribution in [-0.4, -0.2) is 75.4 Å². The molecule has 2 unspecified atom stereocenters. The van der Waals surface area contributed by atoms with E-state index in [1.807, 2.05) is 16.4 Å². The number of pyridine rings is 1. The summed E-state index contributed by atoms with van der Waals surface area (Å²) in [6.45, 7) is 2.35. The number of thiazole rings is 1. The zero-order chi connectivity index (χ0) is 31.2. The number of carbonyl (C=O) groups excluding carboxylic acids is 1. The fourth-order valence-corrected chi connectivity index (χ4v) is 8.28. The minimum absolute atomic E-state index is 0.00316. The smallest absolute Gasteiger partial charge is 0.417 e. The molecule has 1 aromatic carbocycles. The number of aromatic nitrogens is 4. The Kier molecular flexibility index (Phi) is 8.02. The second-order valence-electron chi connectivity index (χ2n) is 10.5. The molecule has 16 heteroatoms. The molecule has 3 atom stereocenters. The maximum Gasteiger partial charge on any atom is 0.417 e. The van der Waals surface area contributed by atoms with Gasteiger partial charge in [0, 0.05) is 37.9 Å². The van der Waals surface area contributed by atoms with E-state index in [0.29, 0.717) is 16.4 Å². The van der Waals surface area contributed by atoms with Crippen molar-refractivity contribution in [2.24, 2.45) is 0 Å². The molecule has 5 heterocycles. The lowest BCUT2D eigenvalue weighted by molar-refractivity contribution is -0.166. The SMILES string of the molecule is C[C@H](c1ccc(F)cc1)n1cncc1C1C(=O)OCC2CN(S(=O)(=O)c3cnc(Cc4ccc(C(F)(F)F)cn4)s3)CCN21. The Morgan fingerprint density at radius 2 is 1.84 bits per heavy atom. The Labute approximate surface area is 254 Å². The van der Waals surface area contributed by atoms with E-state index in [9.17, 15) is 30.8 Å². The van der Waals surface area contributed by atoms with Crippen molar-refractivity contribution in [3.8, 4) is 0 Å². The second-order valence-corrected chi connectivity index (χ2v) is 13.8. The predicted octanol–water partition coefficient (Wildman–Crippen LogP) is 4.07. The number of carbonyl (C=O) groups is 1. The molecule has 0 spiro atoms. The number of sulfonamides is 1. The van der Waals surface area contributed by atoms with E-state index in [4.69, 9.17) is 4.74 Å². The van der Waals surface area contributed by atoms with Crippen molar-refractivity contribution in [3.63, 3.8) is 0 Å². The zero-order valence-electron chi connectivity index (χ0n) is 23.2. The first kappa shape index (κ1) is 30.3. The van der Waals surface area contributed by atoms with Crippen molar-refractivity contribution in [2.45, 2.75) is 41.9 Å². The number of halogens is 4. The van der Waals surface area contributed by atoms with Gasteiger partial charge in [-0.2, -0.15) is 17.5 Å². The Hall–Kier alpha value is -3.73. The normalized spacial score (nSPS) is 20.7. The number of fused-ring (bicyclic) bond motifs is 1. The number of alkyl halides is 3. The van der Waals surface area contributed by atoms with Gasteiger partial charge < -0.3 is 9.30 Å². The van der Waals surface area contributed by atoms with Crippen LogP contribution in [0.3, 0.4) is 0 Å². The lowest BCUT2D eigenvalue weighted by atomic mass is 10.0. The molecule has 2 saturated heterocycles. The number of ether oxygens (including phenoxy) is 1. The van der Waals surface area contributed by atoms with Gasteiger partial charge in [0.1, 0.15) is 12.4 Å². The van der Waals surface area contributed by atoms with Crippen LogP contribution < -0.4 is 0 Å². The van der Waals surface area contributed by atoms with Crippen molar-refractivity contribution in [3.05, 3.63) is 94.7 Å². The highest BCUT2D eigenvalue weighted by Crippen LogP contribution is 2.35. The molecule has 2 fully saturated rings. The van der Waals surface area contributed by atoms with Gasteiger partial charge >= 0.3 is 12.1 Å². The highest BCUT2D eigenvalue weighted by Gasteiger charge is 2.46. The third-order valence-corrected chi connectivity index (χ3v) is 11.1. The number of hydrogen-bond acceptors (Lipinski definition) is 9. The number of esters is 1. The minimum atomic E-state index is -4.50. The quantitative estimate of drug-likeness (QED) is 0.218. The number of nitrogens with zero attached hydrogens (tertiary/aromatic N) is 6. The van der Waals surface area contributed by atoms with Crippen LogP contribution in [0.5, 0.6) is 0 Å². The Morgan fingerprint density at radius 3 is 2.55 bits per heavy atom. The number of hydrogen-bond donors (Lipinski definition) is 0. The summed E-state index contributed by atoms with van der Waals surface area (Å²) in [4.78, 5) is 27.3. The van der Waals surface area contributed by atoms with Gasteiger partial charge in [0.15, 0.2) is 10.3 Å². The predicted molar refractivity (Wildman–Crippen MR) is 150 cm³/mol. The van der Waals surface area contributed by atoms with E-state index < -0.39 is 39.8 Å². The fourth-order valence-electron chi connectivity index (χ4n) is 5.46. The van der Waals surface area contributed by atoms with Crippen molar-refractivity contribution < 1.29 is 35.5 Å². The molecule has 232 valence electrons. The average Bonchev–Trinajstić information content (AvgIpc) is 3.67. The van der Waals surface area contributed by atoms with Gasteiger partial charge in [-0.15, -0.1) is 11.3 Å². The molecule has 4 aromatic rings. The van der Waals surface area contributed by atoms with E-state index in [1.54, 1.807) is 24.7 Å². The highest BCUT2D eigenvalue weighted by atomic mass is 32.2. The molecule has 3 aromatic heterocycles. The molecule has 0 bridgehead atoms. The number of benzene rings is 1. The number of cyclic esters (lactones) is 1. The molecule has 6 rings (SSSR count). The molecule has 0 amide bonds. The lowest BCUT2D eigenvalue weighted by Crippen LogP contribution is -2.61. The summed E-state index contributed by atoms with van der Waals surface area (Å²) in [5.41, 5.74) is 0.857. The second kappa shape index (κ2) is 11.6. The molecule has 2 aliphatic rings. The fraction of sp³-hybridized carbons (Fsp3) is 0.357. The number of imidazole rings is 1. The van der Waals surface area contributed by atoms with Crippen molar-refractivity contribution in [2.75, 3.05) is 26.2 Å². The third-order valence-electron chi connectivity index (χ3n) is 7.82. The molecule has 0 saturated carbocycles. The summed E-state index contributed by atoms with van der Waals surface area (Å²) in [5, 5.41) is 0.393. The van der Waals surface area contributed by atoms with Crippen LogP contribution >= 0.6 is 11.3 Å². The first-order chi connectivity index (χ1) is 20.9. The van der Waals surface area contributed by atoms with Crippen LogP contribution in [0.4, 0.5) is 17.6 Å². The van der Waals surface area contributed by atoms with Crippen molar-refractivity contribution in [1.29, 1.82) is 0 Å². The van der Waals surface area contributed by atoms with Crippen LogP contribution in [0.2, 0.25) is 0 Å². The summed E-state index contributed by atoms with van der Waals surface area (Å²) < 4.78 is 87.8. The van der Waals surface area contributed by atoms with Gasteiger partial charge in [0.2, 0.25) is 0 Å². The Morgan fingerprint density at radius 1 is 1.07 bits per heavy atom. The van der Waals surface area contributed by atoms with E-state index in [2.05, 4.69) is 15.0 Å². The van der Waals surface area contributed by atoms with Crippen LogP contribution in [0.25, 0.3) is 0 Å². The molecule has 44 heavy (non-hydrogen) atoms. The van der Waals surface area contributed by atoms with E-state index in [1.165, 1.54) is 28.7 Å². The molecular formula is C28H26F4N6O4S2. The van der Waals surface area contributed by atoms with Gasteiger partial charge in [-0.3, -0.25) is 9.88 Å². The molecule has 0 N–H and O–H groups in total. The van der Waals surface area contributed by atoms with Crippen molar-refractivity contribution in [1.82, 2.24) is 28.7 Å². The van der Waals surface area contributed by atoms with Gasteiger partial charge in [-0.25, -0.2) is 27.6 Å². The summed E-state index contributed by atoms with van der Waals surface area (Å²) in [5.74, 6) is -0.821. The summed E-state index contributed by atoms with van der Waals surface area (Å²) >= 11 is 0.933. The van der Waals surface area contributed by atoms with E-state index >= 15 is 0 Å². The van der Waals surface area contributed by atoms with Crippen LogP contribution in [0.1, 0.15) is 46.5 Å². The van der Waals surface area contributed by atoms with Crippen LogP contribution in [0, 0.1) is 5.82 Å². The van der Waals surface area contributed by atoms with E-state index in [-0.39, 0.29) is 48.7 Å². The minimum Gasteiger partial charge on any atom is -0.463 e. The Bertz CT molecular complexity index is 1760. The molecule has 10 nitrogen and oxygen atoms in total. The van der Waals surface area contributed by atoms with Gasteiger partial charge in [-0.05, 0) is 36.8 Å². The molecular weight excluding hydrogens is 624 g/mol. The summed E-state index contributed by atoms with van der Waals surface area (Å²) in [6.07, 6.45) is 0.741. The van der Waals surface area contributed by atoms with Crippen LogP contribution in [-0.2, 0) is 32.2 Å². The number of morpholine rings is 1. The van der Waals surface area contributed by atoms with Gasteiger partial charge in [0.25, 0.3) is 10.0 Å². The highest BCUT2D eigenvalue weighted by molar-refractivity contribution is 7.91. The van der Waals surface area contributed by atoms with Gasteiger partial charge in [0.05, 0.1) is 47.1 Å². The maximum atomic E-state index is 13.6. The van der Waals surface area contributed by atoms with Crippen LogP contribution in [0.15, 0.2) is 65.5 Å². The largest absolute Gasteiger partial charge is 0.463 e. The monoisotopic (exact) mass is 650 g/mol. The average molecular weight is 651 g/mol. The summed E-state index contributed by atoms with van der Waals surface area (Å²) in [7, 11) is -3.95.